The van der Waals surface area contributed by atoms with Gasteiger partial charge in [-0.2, -0.15) is 0 Å². The van der Waals surface area contributed by atoms with Crippen LogP contribution >= 0.6 is 0 Å². The van der Waals surface area contributed by atoms with Gasteiger partial charge in [-0.05, 0) is 31.2 Å². The minimum Gasteiger partial charge on any atom is -0.330 e. The van der Waals surface area contributed by atoms with Crippen LogP contribution in [0, 0.1) is 11.6 Å². The van der Waals surface area contributed by atoms with Gasteiger partial charge in [-0.25, -0.2) is 8.78 Å². The van der Waals surface area contributed by atoms with E-state index < -0.39 is 22.4 Å². The lowest BCUT2D eigenvalue weighted by Crippen LogP contribution is -2.06. The Morgan fingerprint density at radius 3 is 2.57 bits per heavy atom. The number of nitrogens with two attached hydrogens (primary N) is 1. The van der Waals surface area contributed by atoms with E-state index in [4.69, 9.17) is 5.73 Å². The fourth-order valence-electron chi connectivity index (χ4n) is 0.951. The van der Waals surface area contributed by atoms with E-state index in [1.807, 2.05) is 0 Å². The summed E-state index contributed by atoms with van der Waals surface area (Å²) in [5, 5.41) is 0. The maximum atomic E-state index is 12.7. The van der Waals surface area contributed by atoms with Gasteiger partial charge in [-0.15, -0.1) is 0 Å². The molecule has 0 aliphatic rings. The Morgan fingerprint density at radius 2 is 2.00 bits per heavy atom. The van der Waals surface area contributed by atoms with E-state index in [1.54, 1.807) is 0 Å². The van der Waals surface area contributed by atoms with E-state index in [2.05, 4.69) is 0 Å². The van der Waals surface area contributed by atoms with Crippen molar-refractivity contribution >= 4 is 10.8 Å². The maximum Gasteiger partial charge on any atom is 0.160 e. The summed E-state index contributed by atoms with van der Waals surface area (Å²) in [5.74, 6) is -1.52. The summed E-state index contributed by atoms with van der Waals surface area (Å²) in [6, 6.07) is 3.26. The fourth-order valence-corrected chi connectivity index (χ4v) is 2.07. The molecule has 0 amide bonds. The third kappa shape index (κ3) is 2.85. The number of rotatable bonds is 4. The van der Waals surface area contributed by atoms with E-state index in [0.29, 0.717) is 23.6 Å². The van der Waals surface area contributed by atoms with Crippen LogP contribution in [-0.4, -0.2) is 16.5 Å². The second-order valence-corrected chi connectivity index (χ2v) is 4.34. The molecule has 0 bridgehead atoms. The lowest BCUT2D eigenvalue weighted by Gasteiger charge is -2.01. The van der Waals surface area contributed by atoms with Crippen molar-refractivity contribution in [3.8, 4) is 0 Å². The van der Waals surface area contributed by atoms with Crippen molar-refractivity contribution in [1.82, 2.24) is 0 Å². The van der Waals surface area contributed by atoms with Gasteiger partial charge in [0.05, 0.1) is 10.8 Å². The fraction of sp³-hybridized carbons (Fsp3) is 0.333. The molecule has 2 N–H and O–H groups in total. The largest absolute Gasteiger partial charge is 0.330 e. The Labute approximate surface area is 83.6 Å². The van der Waals surface area contributed by atoms with E-state index in [-0.39, 0.29) is 0 Å². The first kappa shape index (κ1) is 11.3. The first-order chi connectivity index (χ1) is 6.65. The second kappa shape index (κ2) is 5.17. The molecule has 1 unspecified atom stereocenters. The summed E-state index contributed by atoms with van der Waals surface area (Å²) in [6.07, 6.45) is 0.603. The van der Waals surface area contributed by atoms with Gasteiger partial charge in [0.1, 0.15) is 0 Å². The molecule has 0 radical (unpaired) electrons. The SMILES string of the molecule is NCCCS(=O)c1ccc(F)c(F)c1. The van der Waals surface area contributed by atoms with Crippen LogP contribution in [0.2, 0.25) is 0 Å². The Bertz CT molecular complexity index is 344. The lowest BCUT2D eigenvalue weighted by atomic mass is 10.3. The standard InChI is InChI=1S/C9H11F2NOS/c10-8-3-2-7(6-9(8)11)14(13)5-1-4-12/h2-3,6H,1,4-5,12H2. The molecular weight excluding hydrogens is 208 g/mol. The number of hydrogen-bond acceptors (Lipinski definition) is 2. The van der Waals surface area contributed by atoms with Crippen LogP contribution in [0.3, 0.4) is 0 Å². The number of hydrogen-bond donors (Lipinski definition) is 1. The van der Waals surface area contributed by atoms with Crippen molar-refractivity contribution in [2.24, 2.45) is 5.73 Å². The molecule has 5 heteroatoms. The van der Waals surface area contributed by atoms with Crippen LogP contribution in [0.15, 0.2) is 23.1 Å². The lowest BCUT2D eigenvalue weighted by molar-refractivity contribution is 0.505. The quantitative estimate of drug-likeness (QED) is 0.832. The van der Waals surface area contributed by atoms with Gasteiger partial charge >= 0.3 is 0 Å². The summed E-state index contributed by atoms with van der Waals surface area (Å²) in [5.41, 5.74) is 5.24. The van der Waals surface area contributed by atoms with Crippen LogP contribution in [0.1, 0.15) is 6.42 Å². The van der Waals surface area contributed by atoms with Crippen molar-refractivity contribution in [3.05, 3.63) is 29.8 Å². The molecule has 2 nitrogen and oxygen atoms in total. The van der Waals surface area contributed by atoms with Crippen molar-refractivity contribution in [2.75, 3.05) is 12.3 Å². The normalized spacial score (nSPS) is 12.8. The van der Waals surface area contributed by atoms with Crippen LogP contribution in [0.5, 0.6) is 0 Å². The van der Waals surface area contributed by atoms with E-state index in [9.17, 15) is 13.0 Å². The van der Waals surface area contributed by atoms with Gasteiger partial charge in [0.15, 0.2) is 11.6 Å². The Balaban J connectivity index is 2.76. The summed E-state index contributed by atoms with van der Waals surface area (Å²) in [6.45, 7) is 0.440. The molecule has 0 fully saturated rings. The smallest absolute Gasteiger partial charge is 0.160 e. The van der Waals surface area contributed by atoms with Crippen LogP contribution in [0.4, 0.5) is 8.78 Å². The number of benzene rings is 1. The molecule has 78 valence electrons. The average molecular weight is 219 g/mol. The Hall–Kier alpha value is -0.810. The second-order valence-electron chi connectivity index (χ2n) is 2.77. The summed E-state index contributed by atoms with van der Waals surface area (Å²) >= 11 is 0. The molecule has 1 atom stereocenters. The molecule has 0 aliphatic carbocycles. The Kier molecular flexibility index (Phi) is 4.16. The topological polar surface area (TPSA) is 43.1 Å². The molecule has 1 aromatic rings. The molecule has 1 rings (SSSR count). The van der Waals surface area contributed by atoms with Crippen molar-refractivity contribution in [3.63, 3.8) is 0 Å². The number of halogens is 2. The molecule has 14 heavy (non-hydrogen) atoms. The molecular formula is C9H11F2NOS. The average Bonchev–Trinajstić information content (AvgIpc) is 2.18. The molecule has 0 spiro atoms. The van der Waals surface area contributed by atoms with Gasteiger partial charge < -0.3 is 5.73 Å². The predicted octanol–water partition coefficient (Wildman–Crippen LogP) is 1.42. The minimum absolute atomic E-state index is 0.303. The zero-order valence-electron chi connectivity index (χ0n) is 7.50. The van der Waals surface area contributed by atoms with Gasteiger partial charge in [0.2, 0.25) is 0 Å². The van der Waals surface area contributed by atoms with Crippen LogP contribution in [0.25, 0.3) is 0 Å². The summed E-state index contributed by atoms with van der Waals surface area (Å²) in [4.78, 5) is 0.303. The zero-order chi connectivity index (χ0) is 10.6. The maximum absolute atomic E-state index is 12.7. The zero-order valence-corrected chi connectivity index (χ0v) is 8.32. The molecule has 1 aromatic carbocycles. The van der Waals surface area contributed by atoms with Gasteiger partial charge in [-0.1, -0.05) is 0 Å². The van der Waals surface area contributed by atoms with E-state index >= 15 is 0 Å². The molecule has 0 aliphatic heterocycles. The highest BCUT2D eigenvalue weighted by Gasteiger charge is 2.07. The van der Waals surface area contributed by atoms with Crippen LogP contribution < -0.4 is 5.73 Å². The Morgan fingerprint density at radius 1 is 1.29 bits per heavy atom. The van der Waals surface area contributed by atoms with Crippen molar-refractivity contribution in [2.45, 2.75) is 11.3 Å². The predicted molar refractivity (Wildman–Crippen MR) is 51.3 cm³/mol. The monoisotopic (exact) mass is 219 g/mol. The first-order valence-corrected chi connectivity index (χ1v) is 5.50. The molecule has 0 heterocycles. The third-order valence-corrected chi connectivity index (χ3v) is 3.13. The van der Waals surface area contributed by atoms with Crippen molar-refractivity contribution < 1.29 is 13.0 Å². The highest BCUT2D eigenvalue weighted by atomic mass is 32.2. The first-order valence-electron chi connectivity index (χ1n) is 4.18. The van der Waals surface area contributed by atoms with Gasteiger partial charge in [0.25, 0.3) is 0 Å². The molecule has 0 aromatic heterocycles. The highest BCUT2D eigenvalue weighted by molar-refractivity contribution is 7.85. The van der Waals surface area contributed by atoms with E-state index in [1.165, 1.54) is 6.07 Å². The van der Waals surface area contributed by atoms with Gasteiger partial charge in [0, 0.05) is 10.6 Å². The van der Waals surface area contributed by atoms with Gasteiger partial charge in [-0.3, -0.25) is 4.21 Å². The van der Waals surface area contributed by atoms with E-state index in [0.717, 1.165) is 12.1 Å². The van der Waals surface area contributed by atoms with Crippen LogP contribution in [-0.2, 0) is 10.8 Å². The summed E-state index contributed by atoms with van der Waals surface area (Å²) in [7, 11) is -1.29. The minimum atomic E-state index is -1.29. The third-order valence-electron chi connectivity index (χ3n) is 1.69. The van der Waals surface area contributed by atoms with Crippen molar-refractivity contribution in [1.29, 1.82) is 0 Å². The summed E-state index contributed by atoms with van der Waals surface area (Å²) < 4.78 is 36.7. The highest BCUT2D eigenvalue weighted by Crippen LogP contribution is 2.12. The molecule has 0 saturated heterocycles. The molecule has 0 saturated carbocycles.